The maximum Gasteiger partial charge on any atom is 0.255 e. The van der Waals surface area contributed by atoms with Crippen molar-refractivity contribution in [2.45, 2.75) is 38.5 Å². The van der Waals surface area contributed by atoms with Gasteiger partial charge in [-0.15, -0.1) is 0 Å². The molecule has 156 valence electrons. The highest BCUT2D eigenvalue weighted by molar-refractivity contribution is 7.89. The van der Waals surface area contributed by atoms with Crippen molar-refractivity contribution in [1.82, 2.24) is 4.31 Å². The van der Waals surface area contributed by atoms with Crippen molar-refractivity contribution < 1.29 is 17.9 Å². The fourth-order valence-corrected chi connectivity index (χ4v) is 5.19. The lowest BCUT2D eigenvalue weighted by atomic mass is 10.0. The third kappa shape index (κ3) is 4.52. The minimum atomic E-state index is -3.67. The molecule has 1 aliphatic heterocycles. The zero-order valence-corrected chi connectivity index (χ0v) is 18.0. The number of benzene rings is 2. The van der Waals surface area contributed by atoms with Crippen LogP contribution in [0.2, 0.25) is 0 Å². The normalized spacial score (nSPS) is 15.3. The molecule has 1 saturated heterocycles. The summed E-state index contributed by atoms with van der Waals surface area (Å²) in [5, 5.41) is 3.01. The Morgan fingerprint density at radius 2 is 1.69 bits per heavy atom. The Morgan fingerprint density at radius 1 is 1.07 bits per heavy atom. The van der Waals surface area contributed by atoms with Crippen LogP contribution in [0, 0.1) is 6.92 Å². The average molecular weight is 417 g/mol. The molecule has 6 nitrogen and oxygen atoms in total. The molecule has 0 spiro atoms. The zero-order chi connectivity index (χ0) is 21.0. The van der Waals surface area contributed by atoms with Crippen LogP contribution in [0.25, 0.3) is 0 Å². The largest absolute Gasteiger partial charge is 0.379 e. The number of aryl methyl sites for hydroxylation is 3. The molecule has 0 saturated carbocycles. The molecular weight excluding hydrogens is 388 g/mol. The summed E-state index contributed by atoms with van der Waals surface area (Å²) in [6, 6.07) is 10.8. The SMILES string of the molecule is CCc1cccc(CC)c1NC(=O)c1ccc(C)c(S(=O)(=O)N2CCOCC2)c1. The second-order valence-electron chi connectivity index (χ2n) is 7.11. The maximum absolute atomic E-state index is 13.1. The van der Waals surface area contributed by atoms with Gasteiger partial charge < -0.3 is 10.1 Å². The molecule has 1 heterocycles. The Bertz CT molecular complexity index is 974. The van der Waals surface area contributed by atoms with E-state index in [9.17, 15) is 13.2 Å². The lowest BCUT2D eigenvalue weighted by molar-refractivity contribution is 0.0730. The number of ether oxygens (including phenoxy) is 1. The number of hydrogen-bond acceptors (Lipinski definition) is 4. The number of anilines is 1. The molecule has 0 aromatic heterocycles. The number of hydrogen-bond donors (Lipinski definition) is 1. The Labute approximate surface area is 172 Å². The number of carbonyl (C=O) groups excluding carboxylic acids is 1. The van der Waals surface area contributed by atoms with E-state index in [-0.39, 0.29) is 10.8 Å². The predicted molar refractivity (Wildman–Crippen MR) is 114 cm³/mol. The summed E-state index contributed by atoms with van der Waals surface area (Å²) < 4.78 is 32.8. The summed E-state index contributed by atoms with van der Waals surface area (Å²) in [5.41, 5.74) is 3.89. The molecule has 7 heteroatoms. The minimum Gasteiger partial charge on any atom is -0.379 e. The Kier molecular flexibility index (Phi) is 6.72. The van der Waals surface area contributed by atoms with Gasteiger partial charge >= 0.3 is 0 Å². The topological polar surface area (TPSA) is 75.7 Å². The van der Waals surface area contributed by atoms with Crippen molar-refractivity contribution in [3.05, 3.63) is 58.7 Å². The van der Waals surface area contributed by atoms with E-state index in [0.29, 0.717) is 37.4 Å². The smallest absolute Gasteiger partial charge is 0.255 e. The quantitative estimate of drug-likeness (QED) is 0.783. The first-order valence-electron chi connectivity index (χ1n) is 9.99. The molecule has 0 aliphatic carbocycles. The van der Waals surface area contributed by atoms with Gasteiger partial charge in [-0.2, -0.15) is 4.31 Å². The van der Waals surface area contributed by atoms with E-state index >= 15 is 0 Å². The van der Waals surface area contributed by atoms with E-state index in [1.165, 1.54) is 10.4 Å². The van der Waals surface area contributed by atoms with Gasteiger partial charge in [-0.05, 0) is 48.6 Å². The van der Waals surface area contributed by atoms with E-state index in [0.717, 1.165) is 29.7 Å². The highest BCUT2D eigenvalue weighted by Gasteiger charge is 2.28. The van der Waals surface area contributed by atoms with Crippen molar-refractivity contribution >= 4 is 21.6 Å². The lowest BCUT2D eigenvalue weighted by Gasteiger charge is -2.26. The van der Waals surface area contributed by atoms with Crippen LogP contribution < -0.4 is 5.32 Å². The average Bonchev–Trinajstić information content (AvgIpc) is 2.74. The Morgan fingerprint density at radius 3 is 2.28 bits per heavy atom. The van der Waals surface area contributed by atoms with Crippen LogP contribution in [0.1, 0.15) is 40.9 Å². The molecule has 1 N–H and O–H groups in total. The second-order valence-corrected chi connectivity index (χ2v) is 9.02. The number of sulfonamides is 1. The first kappa shape index (κ1) is 21.5. The van der Waals surface area contributed by atoms with Gasteiger partial charge in [-0.25, -0.2) is 8.42 Å². The number of rotatable bonds is 6. The van der Waals surface area contributed by atoms with Crippen LogP contribution in [-0.2, 0) is 27.6 Å². The Hall–Kier alpha value is -2.22. The summed E-state index contributed by atoms with van der Waals surface area (Å²) in [5.74, 6) is -0.306. The third-order valence-electron chi connectivity index (χ3n) is 5.28. The van der Waals surface area contributed by atoms with E-state index in [1.54, 1.807) is 19.1 Å². The van der Waals surface area contributed by atoms with Gasteiger partial charge in [-0.3, -0.25) is 4.79 Å². The number of carbonyl (C=O) groups is 1. The van der Waals surface area contributed by atoms with Crippen molar-refractivity contribution in [2.24, 2.45) is 0 Å². The van der Waals surface area contributed by atoms with Gasteiger partial charge in [-0.1, -0.05) is 38.1 Å². The van der Waals surface area contributed by atoms with Crippen LogP contribution in [0.15, 0.2) is 41.3 Å². The fraction of sp³-hybridized carbons (Fsp3) is 0.409. The molecule has 0 unspecified atom stereocenters. The summed E-state index contributed by atoms with van der Waals surface area (Å²) >= 11 is 0. The molecular formula is C22H28N2O4S. The molecule has 2 aromatic rings. The number of morpholine rings is 1. The summed E-state index contributed by atoms with van der Waals surface area (Å²) in [6.45, 7) is 7.24. The molecule has 3 rings (SSSR count). The van der Waals surface area contributed by atoms with Gasteiger partial charge in [0, 0.05) is 24.3 Å². The second kappa shape index (κ2) is 9.07. The highest BCUT2D eigenvalue weighted by Crippen LogP contribution is 2.25. The van der Waals surface area contributed by atoms with Crippen LogP contribution in [0.4, 0.5) is 5.69 Å². The van der Waals surface area contributed by atoms with Gasteiger partial charge in [0.2, 0.25) is 10.0 Å². The third-order valence-corrected chi connectivity index (χ3v) is 7.32. The molecule has 0 atom stereocenters. The van der Waals surface area contributed by atoms with E-state index in [1.807, 2.05) is 32.0 Å². The standard InChI is InChI=1S/C22H28N2O4S/c1-4-17-7-6-8-18(5-2)21(17)23-22(25)19-10-9-16(3)20(15-19)29(26,27)24-11-13-28-14-12-24/h6-10,15H,4-5,11-14H2,1-3H3,(H,23,25). The maximum atomic E-state index is 13.1. The number of amides is 1. The van der Waals surface area contributed by atoms with Gasteiger partial charge in [0.05, 0.1) is 18.1 Å². The van der Waals surface area contributed by atoms with Gasteiger partial charge in [0.15, 0.2) is 0 Å². The van der Waals surface area contributed by atoms with Gasteiger partial charge in [0.25, 0.3) is 5.91 Å². The summed E-state index contributed by atoms with van der Waals surface area (Å²) in [7, 11) is -3.67. The van der Waals surface area contributed by atoms with Gasteiger partial charge in [0.1, 0.15) is 0 Å². The molecule has 0 radical (unpaired) electrons. The fourth-order valence-electron chi connectivity index (χ4n) is 3.53. The van der Waals surface area contributed by atoms with Crippen LogP contribution >= 0.6 is 0 Å². The summed E-state index contributed by atoms with van der Waals surface area (Å²) in [6.07, 6.45) is 1.60. The van der Waals surface area contributed by atoms with Crippen molar-refractivity contribution in [3.63, 3.8) is 0 Å². The summed E-state index contributed by atoms with van der Waals surface area (Å²) in [4.78, 5) is 13.2. The van der Waals surface area contributed by atoms with Crippen LogP contribution in [-0.4, -0.2) is 44.9 Å². The zero-order valence-electron chi connectivity index (χ0n) is 17.2. The monoisotopic (exact) mass is 416 g/mol. The first-order valence-corrected chi connectivity index (χ1v) is 11.4. The minimum absolute atomic E-state index is 0.173. The molecule has 0 bridgehead atoms. The number of para-hydroxylation sites is 1. The number of nitrogens with zero attached hydrogens (tertiary/aromatic N) is 1. The molecule has 1 aliphatic rings. The molecule has 2 aromatic carbocycles. The van der Waals surface area contributed by atoms with Crippen molar-refractivity contribution in [3.8, 4) is 0 Å². The van der Waals surface area contributed by atoms with Crippen LogP contribution in [0.5, 0.6) is 0 Å². The lowest BCUT2D eigenvalue weighted by Crippen LogP contribution is -2.40. The highest BCUT2D eigenvalue weighted by atomic mass is 32.2. The van der Waals surface area contributed by atoms with E-state index < -0.39 is 10.0 Å². The molecule has 1 amide bonds. The van der Waals surface area contributed by atoms with Crippen LogP contribution in [0.3, 0.4) is 0 Å². The number of nitrogens with one attached hydrogen (secondary N) is 1. The van der Waals surface area contributed by atoms with Crippen molar-refractivity contribution in [2.75, 3.05) is 31.6 Å². The predicted octanol–water partition coefficient (Wildman–Crippen LogP) is 3.39. The first-order chi connectivity index (χ1) is 13.9. The molecule has 1 fully saturated rings. The van der Waals surface area contributed by atoms with Crippen molar-refractivity contribution in [1.29, 1.82) is 0 Å². The van der Waals surface area contributed by atoms with E-state index in [2.05, 4.69) is 5.32 Å². The molecule has 29 heavy (non-hydrogen) atoms. The Balaban J connectivity index is 1.93. The van der Waals surface area contributed by atoms with E-state index in [4.69, 9.17) is 4.74 Å².